The van der Waals surface area contributed by atoms with Gasteiger partial charge in [0.05, 0.1) is 23.5 Å². The molecule has 0 saturated heterocycles. The molecule has 0 spiro atoms. The van der Waals surface area contributed by atoms with E-state index in [1.165, 1.54) is 0 Å². The molecule has 0 aliphatic carbocycles. The summed E-state index contributed by atoms with van der Waals surface area (Å²) in [5, 5.41) is 11.0. The Balaban J connectivity index is 2.48. The van der Waals surface area contributed by atoms with Gasteiger partial charge in [-0.15, -0.1) is 0 Å². The van der Waals surface area contributed by atoms with Gasteiger partial charge in [-0.05, 0) is 25.8 Å². The van der Waals surface area contributed by atoms with Gasteiger partial charge in [0.2, 0.25) is 0 Å². The molecule has 0 radical (unpaired) electrons. The molecule has 0 aliphatic heterocycles. The Hall–Kier alpha value is -1.79. The van der Waals surface area contributed by atoms with E-state index in [0.717, 1.165) is 24.2 Å². The molecule has 0 aliphatic rings. The Labute approximate surface area is 121 Å². The highest BCUT2D eigenvalue weighted by Gasteiger charge is 2.31. The SMILES string of the molecule is CCCc1cc(C)n(-c2c(CC)n[nH]c2CC(F)(F)F)n1. The molecule has 7 heteroatoms. The number of nitrogens with one attached hydrogen (secondary N) is 1. The van der Waals surface area contributed by atoms with Crippen LogP contribution in [-0.4, -0.2) is 26.2 Å². The minimum Gasteiger partial charge on any atom is -0.280 e. The minimum atomic E-state index is -4.28. The predicted molar refractivity (Wildman–Crippen MR) is 73.6 cm³/mol. The van der Waals surface area contributed by atoms with Crippen molar-refractivity contribution >= 4 is 0 Å². The smallest absolute Gasteiger partial charge is 0.280 e. The molecular weight excluding hydrogens is 281 g/mol. The molecule has 2 heterocycles. The van der Waals surface area contributed by atoms with Crippen LogP contribution in [0.1, 0.15) is 43.0 Å². The second-order valence-corrected chi connectivity index (χ2v) is 5.08. The van der Waals surface area contributed by atoms with E-state index < -0.39 is 12.6 Å². The predicted octanol–water partition coefficient (Wildman–Crippen LogP) is 3.52. The van der Waals surface area contributed by atoms with Crippen LogP contribution >= 0.6 is 0 Å². The van der Waals surface area contributed by atoms with Crippen LogP contribution in [0.25, 0.3) is 5.69 Å². The Morgan fingerprint density at radius 2 is 2.00 bits per heavy atom. The molecule has 0 unspecified atom stereocenters. The highest BCUT2D eigenvalue weighted by atomic mass is 19.4. The van der Waals surface area contributed by atoms with E-state index in [9.17, 15) is 13.2 Å². The van der Waals surface area contributed by atoms with Crippen LogP contribution < -0.4 is 0 Å². The summed E-state index contributed by atoms with van der Waals surface area (Å²) < 4.78 is 39.7. The van der Waals surface area contributed by atoms with Gasteiger partial charge in [0.1, 0.15) is 5.69 Å². The number of nitrogens with zero attached hydrogens (tertiary/aromatic N) is 3. The third-order valence-corrected chi connectivity index (χ3v) is 3.25. The van der Waals surface area contributed by atoms with E-state index in [2.05, 4.69) is 15.3 Å². The molecule has 4 nitrogen and oxygen atoms in total. The van der Waals surface area contributed by atoms with Crippen LogP contribution in [0, 0.1) is 6.92 Å². The maximum Gasteiger partial charge on any atom is 0.394 e. The van der Waals surface area contributed by atoms with Crippen LogP contribution in [0.15, 0.2) is 6.07 Å². The van der Waals surface area contributed by atoms with Crippen LogP contribution in [-0.2, 0) is 19.3 Å². The lowest BCUT2D eigenvalue weighted by molar-refractivity contribution is -0.127. The van der Waals surface area contributed by atoms with E-state index in [0.29, 0.717) is 17.8 Å². The molecule has 0 saturated carbocycles. The summed E-state index contributed by atoms with van der Waals surface area (Å²) in [5.41, 5.74) is 2.81. The number of aromatic amines is 1. The van der Waals surface area contributed by atoms with Gasteiger partial charge in [-0.1, -0.05) is 20.3 Å². The first-order chi connectivity index (χ1) is 9.85. The number of halogens is 3. The quantitative estimate of drug-likeness (QED) is 0.918. The van der Waals surface area contributed by atoms with Gasteiger partial charge in [0, 0.05) is 5.69 Å². The van der Waals surface area contributed by atoms with Crippen LogP contribution in [0.4, 0.5) is 13.2 Å². The van der Waals surface area contributed by atoms with Crippen molar-refractivity contribution in [3.63, 3.8) is 0 Å². The summed E-state index contributed by atoms with van der Waals surface area (Å²) in [6.45, 7) is 5.75. The first kappa shape index (κ1) is 15.6. The lowest BCUT2D eigenvalue weighted by Gasteiger charge is -2.09. The molecule has 2 aromatic heterocycles. The van der Waals surface area contributed by atoms with Crippen molar-refractivity contribution in [2.45, 2.75) is 52.6 Å². The number of alkyl halides is 3. The first-order valence-electron chi connectivity index (χ1n) is 7.04. The third kappa shape index (κ3) is 3.46. The fourth-order valence-corrected chi connectivity index (χ4v) is 2.38. The molecule has 21 heavy (non-hydrogen) atoms. The second-order valence-electron chi connectivity index (χ2n) is 5.08. The Bertz CT molecular complexity index is 610. The summed E-state index contributed by atoms with van der Waals surface area (Å²) in [6, 6.07) is 1.91. The Kier molecular flexibility index (Phi) is 4.39. The zero-order chi connectivity index (χ0) is 15.6. The molecular formula is C14H19F3N4. The van der Waals surface area contributed by atoms with Crippen molar-refractivity contribution in [3.05, 3.63) is 28.8 Å². The molecule has 0 atom stereocenters. The molecule has 0 aromatic carbocycles. The number of H-pyrrole nitrogens is 1. The van der Waals surface area contributed by atoms with E-state index in [-0.39, 0.29) is 5.69 Å². The van der Waals surface area contributed by atoms with Gasteiger partial charge in [-0.25, -0.2) is 4.68 Å². The number of aryl methyl sites for hydroxylation is 3. The summed E-state index contributed by atoms with van der Waals surface area (Å²) >= 11 is 0. The maximum absolute atomic E-state index is 12.7. The van der Waals surface area contributed by atoms with Gasteiger partial charge in [0.25, 0.3) is 0 Å². The molecule has 0 fully saturated rings. The number of rotatable bonds is 5. The van der Waals surface area contributed by atoms with Crippen molar-refractivity contribution in [3.8, 4) is 5.69 Å². The number of aromatic nitrogens is 4. The highest BCUT2D eigenvalue weighted by molar-refractivity contribution is 5.43. The molecule has 116 valence electrons. The summed E-state index contributed by atoms with van der Waals surface area (Å²) in [4.78, 5) is 0. The minimum absolute atomic E-state index is 0.0635. The standard InChI is InChI=1S/C14H19F3N4/c1-4-6-10-7-9(3)21(20-10)13-11(5-2)18-19-12(13)8-14(15,16)17/h7H,4-6,8H2,1-3H3,(H,18,19). The van der Waals surface area contributed by atoms with E-state index >= 15 is 0 Å². The monoisotopic (exact) mass is 300 g/mol. The van der Waals surface area contributed by atoms with Gasteiger partial charge < -0.3 is 0 Å². The summed E-state index contributed by atoms with van der Waals surface area (Å²) in [6.07, 6.45) is -3.01. The van der Waals surface area contributed by atoms with Crippen molar-refractivity contribution in [1.82, 2.24) is 20.0 Å². The van der Waals surface area contributed by atoms with E-state index in [1.54, 1.807) is 4.68 Å². The van der Waals surface area contributed by atoms with E-state index in [4.69, 9.17) is 0 Å². The molecule has 2 aromatic rings. The van der Waals surface area contributed by atoms with Crippen molar-refractivity contribution in [2.24, 2.45) is 0 Å². The van der Waals surface area contributed by atoms with Crippen molar-refractivity contribution in [2.75, 3.05) is 0 Å². The molecule has 2 rings (SSSR count). The first-order valence-corrected chi connectivity index (χ1v) is 7.04. The van der Waals surface area contributed by atoms with Crippen LogP contribution in [0.5, 0.6) is 0 Å². The topological polar surface area (TPSA) is 46.5 Å². The van der Waals surface area contributed by atoms with E-state index in [1.807, 2.05) is 26.8 Å². The average Bonchev–Trinajstić information content (AvgIpc) is 2.91. The van der Waals surface area contributed by atoms with Crippen LogP contribution in [0.3, 0.4) is 0 Å². The lowest BCUT2D eigenvalue weighted by atomic mass is 10.2. The Morgan fingerprint density at radius 1 is 1.29 bits per heavy atom. The highest BCUT2D eigenvalue weighted by Crippen LogP contribution is 2.27. The maximum atomic E-state index is 12.7. The normalized spacial score (nSPS) is 12.1. The van der Waals surface area contributed by atoms with Gasteiger partial charge in [-0.3, -0.25) is 5.10 Å². The van der Waals surface area contributed by atoms with Gasteiger partial charge >= 0.3 is 6.18 Å². The number of hydrogen-bond donors (Lipinski definition) is 1. The summed E-state index contributed by atoms with van der Waals surface area (Å²) in [5.74, 6) is 0. The van der Waals surface area contributed by atoms with Gasteiger partial charge in [0.15, 0.2) is 0 Å². The number of hydrogen-bond acceptors (Lipinski definition) is 2. The molecule has 1 N–H and O–H groups in total. The molecule has 0 bridgehead atoms. The second kappa shape index (κ2) is 5.91. The van der Waals surface area contributed by atoms with Crippen LogP contribution in [0.2, 0.25) is 0 Å². The van der Waals surface area contributed by atoms with Gasteiger partial charge in [-0.2, -0.15) is 23.4 Å². The van der Waals surface area contributed by atoms with Crippen molar-refractivity contribution in [1.29, 1.82) is 0 Å². The largest absolute Gasteiger partial charge is 0.394 e. The molecule has 0 amide bonds. The average molecular weight is 300 g/mol. The third-order valence-electron chi connectivity index (χ3n) is 3.25. The fourth-order valence-electron chi connectivity index (χ4n) is 2.38. The Morgan fingerprint density at radius 3 is 2.57 bits per heavy atom. The van der Waals surface area contributed by atoms with Crippen molar-refractivity contribution < 1.29 is 13.2 Å². The fraction of sp³-hybridized carbons (Fsp3) is 0.571. The zero-order valence-electron chi connectivity index (χ0n) is 12.4. The summed E-state index contributed by atoms with van der Waals surface area (Å²) in [7, 11) is 0. The lowest BCUT2D eigenvalue weighted by Crippen LogP contribution is -2.15. The zero-order valence-corrected chi connectivity index (χ0v) is 12.4.